The number of ketones is 1. The average Bonchev–Trinajstić information content (AvgIpc) is 2.11. The van der Waals surface area contributed by atoms with Crippen LogP contribution in [0.4, 0.5) is 0 Å². The standard InChI is InChI=1S/C12H22O5.Al/c1-8(2)16-12(17-9(3)4)7-15-11(14)6-10(5)13;/h8-9,12H,6-7H2,1-5H3;/q;+3. The van der Waals surface area contributed by atoms with E-state index in [-0.39, 0.29) is 48.4 Å². The van der Waals surface area contributed by atoms with E-state index in [1.54, 1.807) is 0 Å². The molecule has 0 fully saturated rings. The Morgan fingerprint density at radius 3 is 1.78 bits per heavy atom. The summed E-state index contributed by atoms with van der Waals surface area (Å²) < 4.78 is 15.8. The van der Waals surface area contributed by atoms with Crippen LogP contribution in [-0.2, 0) is 23.8 Å². The van der Waals surface area contributed by atoms with Crippen LogP contribution in [0.2, 0.25) is 0 Å². The molecule has 0 aliphatic rings. The predicted octanol–water partition coefficient (Wildman–Crippen LogP) is 1.30. The maximum atomic E-state index is 11.2. The molecule has 18 heavy (non-hydrogen) atoms. The third-order valence-electron chi connectivity index (χ3n) is 1.62. The van der Waals surface area contributed by atoms with Gasteiger partial charge in [0.2, 0.25) is 0 Å². The van der Waals surface area contributed by atoms with Crippen LogP contribution in [0.25, 0.3) is 0 Å². The van der Waals surface area contributed by atoms with Gasteiger partial charge in [-0.2, -0.15) is 0 Å². The van der Waals surface area contributed by atoms with Crippen LogP contribution in [0.1, 0.15) is 41.0 Å². The molecular weight excluding hydrogens is 251 g/mol. The van der Waals surface area contributed by atoms with Gasteiger partial charge in [-0.05, 0) is 34.6 Å². The Kier molecular flexibility index (Phi) is 11.6. The van der Waals surface area contributed by atoms with Gasteiger partial charge in [0.15, 0.2) is 6.29 Å². The van der Waals surface area contributed by atoms with Gasteiger partial charge in [-0.25, -0.2) is 0 Å². The largest absolute Gasteiger partial charge is 3.00 e. The van der Waals surface area contributed by atoms with Gasteiger partial charge in [0.25, 0.3) is 0 Å². The van der Waals surface area contributed by atoms with E-state index in [1.807, 2.05) is 27.7 Å². The molecule has 0 aliphatic carbocycles. The van der Waals surface area contributed by atoms with Crippen molar-refractivity contribution in [2.75, 3.05) is 6.61 Å². The average molecular weight is 273 g/mol. The number of Topliss-reactive ketones (excluding diaryl/α,β-unsaturated/α-hetero) is 1. The fourth-order valence-corrected chi connectivity index (χ4v) is 1.13. The minimum Gasteiger partial charge on any atom is -0.460 e. The summed E-state index contributed by atoms with van der Waals surface area (Å²) >= 11 is 0. The van der Waals surface area contributed by atoms with E-state index in [0.29, 0.717) is 0 Å². The van der Waals surface area contributed by atoms with Crippen molar-refractivity contribution in [1.82, 2.24) is 0 Å². The Hall–Kier alpha value is -0.408. The summed E-state index contributed by atoms with van der Waals surface area (Å²) in [5.74, 6) is -0.775. The van der Waals surface area contributed by atoms with E-state index in [1.165, 1.54) is 6.92 Å². The number of hydrogen-bond donors (Lipinski definition) is 0. The molecule has 0 aromatic rings. The van der Waals surface area contributed by atoms with Crippen LogP contribution in [0.15, 0.2) is 0 Å². The SMILES string of the molecule is CC(=O)CC(=O)OCC(OC(C)C)OC(C)C.[Al+3]. The topological polar surface area (TPSA) is 61.8 Å². The molecule has 6 heteroatoms. The first-order valence-electron chi connectivity index (χ1n) is 5.77. The van der Waals surface area contributed by atoms with Crippen LogP contribution >= 0.6 is 0 Å². The molecule has 0 saturated carbocycles. The van der Waals surface area contributed by atoms with Gasteiger partial charge in [0.1, 0.15) is 18.8 Å². The molecule has 0 saturated heterocycles. The van der Waals surface area contributed by atoms with Crippen molar-refractivity contribution >= 4 is 29.1 Å². The van der Waals surface area contributed by atoms with E-state index in [2.05, 4.69) is 0 Å². The van der Waals surface area contributed by atoms with Gasteiger partial charge in [0, 0.05) is 0 Å². The van der Waals surface area contributed by atoms with Gasteiger partial charge < -0.3 is 14.2 Å². The molecule has 0 rings (SSSR count). The Morgan fingerprint density at radius 1 is 1.00 bits per heavy atom. The summed E-state index contributed by atoms with van der Waals surface area (Å²) in [5.41, 5.74) is 0. The summed E-state index contributed by atoms with van der Waals surface area (Å²) in [6.45, 7) is 8.82. The first-order chi connectivity index (χ1) is 7.81. The number of carbonyl (C=O) groups excluding carboxylic acids is 2. The smallest absolute Gasteiger partial charge is 0.460 e. The monoisotopic (exact) mass is 273 g/mol. The Balaban J connectivity index is 0. The van der Waals surface area contributed by atoms with Gasteiger partial charge in [-0.1, -0.05) is 0 Å². The van der Waals surface area contributed by atoms with Gasteiger partial charge >= 0.3 is 23.3 Å². The fraction of sp³-hybridized carbons (Fsp3) is 0.833. The predicted molar refractivity (Wildman–Crippen MR) is 68.2 cm³/mol. The third kappa shape index (κ3) is 12.1. The van der Waals surface area contributed by atoms with Crippen molar-refractivity contribution in [1.29, 1.82) is 0 Å². The van der Waals surface area contributed by atoms with Gasteiger partial charge in [-0.3, -0.25) is 9.59 Å². The van der Waals surface area contributed by atoms with Gasteiger partial charge in [-0.15, -0.1) is 0 Å². The number of carbonyl (C=O) groups is 2. The molecule has 0 bridgehead atoms. The zero-order valence-corrected chi connectivity index (χ0v) is 12.9. The zero-order chi connectivity index (χ0) is 13.4. The molecule has 0 aromatic heterocycles. The summed E-state index contributed by atoms with van der Waals surface area (Å²) in [7, 11) is 0. The second kappa shape index (κ2) is 10.5. The summed E-state index contributed by atoms with van der Waals surface area (Å²) in [6.07, 6.45) is -0.850. The Labute approximate surface area is 119 Å². The van der Waals surface area contributed by atoms with Crippen LogP contribution in [0.3, 0.4) is 0 Å². The molecule has 0 atom stereocenters. The number of rotatable bonds is 8. The minimum atomic E-state index is -0.592. The molecule has 0 amide bonds. The second-order valence-electron chi connectivity index (χ2n) is 4.36. The van der Waals surface area contributed by atoms with Crippen LogP contribution in [0.5, 0.6) is 0 Å². The van der Waals surface area contributed by atoms with Crippen molar-refractivity contribution in [2.24, 2.45) is 0 Å². The molecule has 0 spiro atoms. The van der Waals surface area contributed by atoms with Crippen LogP contribution in [0, 0.1) is 0 Å². The quantitative estimate of drug-likeness (QED) is 0.289. The van der Waals surface area contributed by atoms with Crippen molar-refractivity contribution in [3.8, 4) is 0 Å². The molecule has 5 nitrogen and oxygen atoms in total. The molecule has 0 heterocycles. The normalized spacial score (nSPS) is 10.7. The number of ether oxygens (including phenoxy) is 3. The van der Waals surface area contributed by atoms with Crippen molar-refractivity contribution in [2.45, 2.75) is 59.5 Å². The Bertz CT molecular complexity index is 243. The van der Waals surface area contributed by atoms with Gasteiger partial charge in [0.05, 0.1) is 12.2 Å². The Morgan fingerprint density at radius 2 is 1.44 bits per heavy atom. The molecule has 0 unspecified atom stereocenters. The summed E-state index contributed by atoms with van der Waals surface area (Å²) in [6, 6.07) is 0. The zero-order valence-electron chi connectivity index (χ0n) is 11.8. The van der Waals surface area contributed by atoms with E-state index in [4.69, 9.17) is 14.2 Å². The second-order valence-corrected chi connectivity index (χ2v) is 4.36. The molecule has 0 aliphatic heterocycles. The van der Waals surface area contributed by atoms with E-state index in [9.17, 15) is 9.59 Å². The summed E-state index contributed by atoms with van der Waals surface area (Å²) in [4.78, 5) is 21.9. The minimum absolute atomic E-state index is 0. The van der Waals surface area contributed by atoms with Crippen molar-refractivity contribution < 1.29 is 23.8 Å². The van der Waals surface area contributed by atoms with Crippen molar-refractivity contribution in [3.63, 3.8) is 0 Å². The number of esters is 1. The van der Waals surface area contributed by atoms with Crippen molar-refractivity contribution in [3.05, 3.63) is 0 Å². The molecule has 0 N–H and O–H groups in total. The molecule has 0 aromatic carbocycles. The maximum Gasteiger partial charge on any atom is 3.00 e. The fourth-order valence-electron chi connectivity index (χ4n) is 1.13. The summed E-state index contributed by atoms with van der Waals surface area (Å²) in [5, 5.41) is 0. The molecular formula is C12H22AlO5+3. The van der Waals surface area contributed by atoms with E-state index < -0.39 is 12.3 Å². The third-order valence-corrected chi connectivity index (χ3v) is 1.62. The number of hydrogen-bond acceptors (Lipinski definition) is 5. The van der Waals surface area contributed by atoms with E-state index >= 15 is 0 Å². The van der Waals surface area contributed by atoms with Crippen LogP contribution < -0.4 is 0 Å². The molecule has 100 valence electrons. The van der Waals surface area contributed by atoms with Crippen LogP contribution in [-0.4, -0.2) is 54.2 Å². The first kappa shape index (κ1) is 19.9. The maximum absolute atomic E-state index is 11.2. The molecule has 0 radical (unpaired) electrons. The van der Waals surface area contributed by atoms with E-state index in [0.717, 1.165) is 0 Å². The first-order valence-corrected chi connectivity index (χ1v) is 5.77.